The number of ketones is 1. The van der Waals surface area contributed by atoms with Crippen LogP contribution in [0.2, 0.25) is 0 Å². The summed E-state index contributed by atoms with van der Waals surface area (Å²) < 4.78 is 1.09. The third kappa shape index (κ3) is 2.93. The van der Waals surface area contributed by atoms with Crippen molar-refractivity contribution in [2.24, 2.45) is 11.7 Å². The van der Waals surface area contributed by atoms with E-state index >= 15 is 0 Å². The molecule has 1 aliphatic carbocycles. The van der Waals surface area contributed by atoms with Gasteiger partial charge in [0.25, 0.3) is 0 Å². The van der Waals surface area contributed by atoms with E-state index in [1.54, 1.807) is 11.3 Å². The van der Waals surface area contributed by atoms with Gasteiger partial charge in [-0.05, 0) is 40.9 Å². The molecule has 0 saturated heterocycles. The zero-order valence-electron chi connectivity index (χ0n) is 9.12. The van der Waals surface area contributed by atoms with Crippen LogP contribution >= 0.6 is 27.3 Å². The van der Waals surface area contributed by atoms with Crippen LogP contribution in [0.25, 0.3) is 0 Å². The number of hydrogen-bond acceptors (Lipinski definition) is 3. The fraction of sp³-hybridized carbons (Fsp3) is 0.583. The average molecular weight is 302 g/mol. The molecule has 0 spiro atoms. The number of rotatable bonds is 3. The minimum absolute atomic E-state index is 0.0876. The zero-order valence-corrected chi connectivity index (χ0v) is 11.5. The monoisotopic (exact) mass is 301 g/mol. The summed E-state index contributed by atoms with van der Waals surface area (Å²) in [7, 11) is 0. The molecule has 2 atom stereocenters. The third-order valence-corrected chi connectivity index (χ3v) is 4.83. The normalized spacial score (nSPS) is 25.6. The van der Waals surface area contributed by atoms with Gasteiger partial charge in [0.05, 0.1) is 3.79 Å². The van der Waals surface area contributed by atoms with Crippen molar-refractivity contribution < 1.29 is 4.79 Å². The van der Waals surface area contributed by atoms with E-state index in [1.807, 2.05) is 12.1 Å². The Kier molecular flexibility index (Phi) is 4.16. The first-order valence-corrected chi connectivity index (χ1v) is 7.30. The van der Waals surface area contributed by atoms with Crippen LogP contribution in [0.15, 0.2) is 15.9 Å². The molecule has 2 nitrogen and oxygen atoms in total. The molecule has 1 heterocycles. The Morgan fingerprint density at radius 2 is 2.19 bits per heavy atom. The minimum atomic E-state index is 0.0876. The van der Waals surface area contributed by atoms with Crippen LogP contribution in [-0.2, 0) is 11.2 Å². The Balaban J connectivity index is 1.96. The van der Waals surface area contributed by atoms with Crippen molar-refractivity contribution in [3.05, 3.63) is 20.8 Å². The highest BCUT2D eigenvalue weighted by atomic mass is 79.9. The maximum atomic E-state index is 12.1. The van der Waals surface area contributed by atoms with E-state index < -0.39 is 0 Å². The number of Topliss-reactive ketones (excluding diaryl/α,β-unsaturated/α-hetero) is 1. The van der Waals surface area contributed by atoms with Crippen LogP contribution < -0.4 is 5.73 Å². The van der Waals surface area contributed by atoms with Gasteiger partial charge in [-0.1, -0.05) is 12.8 Å². The standard InChI is InChI=1S/C12H16BrNOS/c13-12-6-5-8(16-12)7-11(15)9-3-1-2-4-10(9)14/h5-6,9-10H,1-4,7,14H2. The predicted octanol–water partition coefficient (Wildman–Crippen LogP) is 3.14. The van der Waals surface area contributed by atoms with Gasteiger partial charge >= 0.3 is 0 Å². The maximum Gasteiger partial charge on any atom is 0.142 e. The first kappa shape index (κ1) is 12.3. The summed E-state index contributed by atoms with van der Waals surface area (Å²) in [5.74, 6) is 0.413. The lowest BCUT2D eigenvalue weighted by Gasteiger charge is -2.27. The van der Waals surface area contributed by atoms with Gasteiger partial charge in [0.15, 0.2) is 0 Å². The lowest BCUT2D eigenvalue weighted by Crippen LogP contribution is -2.38. The van der Waals surface area contributed by atoms with Crippen molar-refractivity contribution in [3.63, 3.8) is 0 Å². The molecule has 1 saturated carbocycles. The van der Waals surface area contributed by atoms with E-state index in [0.29, 0.717) is 12.2 Å². The Morgan fingerprint density at radius 3 is 2.81 bits per heavy atom. The van der Waals surface area contributed by atoms with Crippen LogP contribution in [0.5, 0.6) is 0 Å². The van der Waals surface area contributed by atoms with Crippen molar-refractivity contribution in [2.75, 3.05) is 0 Å². The second kappa shape index (κ2) is 5.43. The number of halogens is 1. The van der Waals surface area contributed by atoms with E-state index in [-0.39, 0.29) is 12.0 Å². The molecule has 0 aliphatic heterocycles. The van der Waals surface area contributed by atoms with Gasteiger partial charge in [0.1, 0.15) is 5.78 Å². The minimum Gasteiger partial charge on any atom is -0.327 e. The SMILES string of the molecule is NC1CCCCC1C(=O)Cc1ccc(Br)s1. The van der Waals surface area contributed by atoms with Crippen molar-refractivity contribution in [2.45, 2.75) is 38.1 Å². The van der Waals surface area contributed by atoms with Crippen LogP contribution in [0.4, 0.5) is 0 Å². The van der Waals surface area contributed by atoms with Crippen molar-refractivity contribution in [3.8, 4) is 0 Å². The molecule has 4 heteroatoms. The predicted molar refractivity (Wildman–Crippen MR) is 70.7 cm³/mol. The highest BCUT2D eigenvalue weighted by molar-refractivity contribution is 9.11. The van der Waals surface area contributed by atoms with Gasteiger partial charge in [-0.25, -0.2) is 0 Å². The fourth-order valence-electron chi connectivity index (χ4n) is 2.31. The molecule has 1 aromatic heterocycles. The molecule has 2 N–H and O–H groups in total. The summed E-state index contributed by atoms with van der Waals surface area (Å²) in [5.41, 5.74) is 6.01. The Hall–Kier alpha value is -0.190. The summed E-state index contributed by atoms with van der Waals surface area (Å²) in [4.78, 5) is 13.2. The van der Waals surface area contributed by atoms with Crippen LogP contribution in [0, 0.1) is 5.92 Å². The molecular formula is C12H16BrNOS. The summed E-state index contributed by atoms with van der Waals surface area (Å²) in [6.07, 6.45) is 4.86. The first-order valence-electron chi connectivity index (χ1n) is 5.69. The van der Waals surface area contributed by atoms with Gasteiger partial charge in [-0.3, -0.25) is 4.79 Å². The molecule has 0 aromatic carbocycles. The second-order valence-electron chi connectivity index (χ2n) is 4.40. The third-order valence-electron chi connectivity index (χ3n) is 3.21. The van der Waals surface area contributed by atoms with Gasteiger partial charge in [-0.15, -0.1) is 11.3 Å². The number of hydrogen-bond donors (Lipinski definition) is 1. The largest absolute Gasteiger partial charge is 0.327 e. The summed E-state index contributed by atoms with van der Waals surface area (Å²) in [5, 5.41) is 0. The summed E-state index contributed by atoms with van der Waals surface area (Å²) >= 11 is 5.05. The number of carbonyl (C=O) groups excluding carboxylic acids is 1. The Bertz CT molecular complexity index is 377. The molecule has 1 aromatic rings. The molecule has 2 rings (SSSR count). The van der Waals surface area contributed by atoms with Crippen molar-refractivity contribution in [1.29, 1.82) is 0 Å². The van der Waals surface area contributed by atoms with Gasteiger partial charge in [0, 0.05) is 23.3 Å². The van der Waals surface area contributed by atoms with E-state index in [9.17, 15) is 4.79 Å². The summed E-state index contributed by atoms with van der Waals surface area (Å²) in [6, 6.07) is 4.10. The van der Waals surface area contributed by atoms with Crippen LogP contribution in [0.1, 0.15) is 30.6 Å². The molecular weight excluding hydrogens is 286 g/mol. The number of thiophene rings is 1. The number of nitrogens with two attached hydrogens (primary N) is 1. The molecule has 1 aliphatic rings. The molecule has 16 heavy (non-hydrogen) atoms. The smallest absolute Gasteiger partial charge is 0.142 e. The Morgan fingerprint density at radius 1 is 1.44 bits per heavy atom. The van der Waals surface area contributed by atoms with Crippen molar-refractivity contribution >= 4 is 33.0 Å². The quantitative estimate of drug-likeness (QED) is 0.932. The highest BCUT2D eigenvalue weighted by Crippen LogP contribution is 2.27. The van der Waals surface area contributed by atoms with Crippen LogP contribution in [-0.4, -0.2) is 11.8 Å². The average Bonchev–Trinajstić information content (AvgIpc) is 2.64. The van der Waals surface area contributed by atoms with E-state index in [2.05, 4.69) is 15.9 Å². The lowest BCUT2D eigenvalue weighted by atomic mass is 9.81. The molecule has 0 radical (unpaired) electrons. The zero-order chi connectivity index (χ0) is 11.5. The number of carbonyl (C=O) groups is 1. The molecule has 88 valence electrons. The van der Waals surface area contributed by atoms with Crippen molar-refractivity contribution in [1.82, 2.24) is 0 Å². The van der Waals surface area contributed by atoms with Gasteiger partial charge in [0.2, 0.25) is 0 Å². The van der Waals surface area contributed by atoms with E-state index in [4.69, 9.17) is 5.73 Å². The second-order valence-corrected chi connectivity index (χ2v) is 6.95. The maximum absolute atomic E-state index is 12.1. The van der Waals surface area contributed by atoms with Crippen LogP contribution in [0.3, 0.4) is 0 Å². The Labute approximate surface area is 108 Å². The topological polar surface area (TPSA) is 43.1 Å². The molecule has 1 fully saturated rings. The summed E-state index contributed by atoms with van der Waals surface area (Å²) in [6.45, 7) is 0. The molecule has 0 bridgehead atoms. The van der Waals surface area contributed by atoms with E-state index in [0.717, 1.165) is 27.9 Å². The lowest BCUT2D eigenvalue weighted by molar-refractivity contribution is -0.123. The van der Waals surface area contributed by atoms with E-state index in [1.165, 1.54) is 6.42 Å². The fourth-order valence-corrected chi connectivity index (χ4v) is 3.80. The highest BCUT2D eigenvalue weighted by Gasteiger charge is 2.28. The van der Waals surface area contributed by atoms with Gasteiger partial charge < -0.3 is 5.73 Å². The molecule has 2 unspecified atom stereocenters. The van der Waals surface area contributed by atoms with Gasteiger partial charge in [-0.2, -0.15) is 0 Å². The first-order chi connectivity index (χ1) is 7.66. The molecule has 0 amide bonds.